The molecule has 0 bridgehead atoms. The first-order chi connectivity index (χ1) is 51.0. The van der Waals surface area contributed by atoms with Gasteiger partial charge < -0.3 is 125 Å². The lowest BCUT2D eigenvalue weighted by Crippen LogP contribution is -2.62. The van der Waals surface area contributed by atoms with Crippen LogP contribution in [0.25, 0.3) is 0 Å². The number of likely N-dealkylation sites (tertiary alicyclic amines) is 3. The summed E-state index contributed by atoms with van der Waals surface area (Å²) in [7, 11) is 0. The van der Waals surface area contributed by atoms with Crippen LogP contribution in [0.5, 0.6) is 0 Å². The Kier molecular flexibility index (Phi) is 31.8. The average Bonchev–Trinajstić information content (AvgIpc) is 1.65. The molecule has 5 aliphatic rings. The molecule has 13 atom stereocenters. The molecule has 3 aliphatic heterocycles. The van der Waals surface area contributed by atoms with E-state index in [1.165, 1.54) is 21.1 Å². The molecular weight excluding hydrogens is 1410 g/mol. The van der Waals surface area contributed by atoms with E-state index in [1.54, 1.807) is 17.5 Å². The van der Waals surface area contributed by atoms with Gasteiger partial charge in [-0.2, -0.15) is 0 Å². The highest BCUT2D eigenvalue weighted by Crippen LogP contribution is 2.42. The number of aliphatic hydroxyl groups is 2. The van der Waals surface area contributed by atoms with Gasteiger partial charge in [-0.3, -0.25) is 67.9 Å². The lowest BCUT2D eigenvalue weighted by molar-refractivity contribution is -0.148. The molecule has 1 aromatic carbocycles. The third-order valence-corrected chi connectivity index (χ3v) is 20.5. The van der Waals surface area contributed by atoms with Crippen molar-refractivity contribution in [2.24, 2.45) is 94.1 Å². The highest BCUT2D eigenvalue weighted by atomic mass is 32.1. The average molecular weight is 1520 g/mol. The molecule has 4 heterocycles. The molecule has 3 saturated heterocycles. The number of rotatable bonds is 39. The highest BCUT2D eigenvalue weighted by molar-refractivity contribution is 7.09. The lowest BCUT2D eigenvalue weighted by Gasteiger charge is -2.38. The number of guanidine groups is 5. The van der Waals surface area contributed by atoms with Crippen molar-refractivity contribution >= 4 is 106 Å². The minimum atomic E-state index is -1.72. The monoisotopic (exact) mass is 1520 g/mol. The Hall–Kier alpha value is -10.6. The number of nitrogens with one attached hydrogen (secondary N) is 7. The van der Waals surface area contributed by atoms with Gasteiger partial charge in [-0.25, -0.2) is 9.79 Å². The van der Waals surface area contributed by atoms with Gasteiger partial charge in [0.15, 0.2) is 29.8 Å². The molecule has 0 unspecified atom stereocenters. The molecule has 107 heavy (non-hydrogen) atoms. The number of carboxylic acid groups (broad SMARTS) is 1. The fourth-order valence-corrected chi connectivity index (χ4v) is 15.2. The van der Waals surface area contributed by atoms with Crippen LogP contribution in [0.1, 0.15) is 119 Å². The number of hydrogen-bond donors (Lipinski definition) is 20. The highest BCUT2D eigenvalue weighted by Gasteiger charge is 2.52. The standard InChI is InChI=1S/C67H105N25O14S/c68-63(69)78-21-5-15-41(84-54(97)42(88-67(76)77)16-6-22-79-64(70)71)53(96)85-43(17-7-23-80-65(72)73)59(102)90-25-9-20-48(90)60(103)91-33-39(94)30-49(91)57(100)82-32-51(95)83-45(31-40-14-10-26-107-40)55(98)87-46(34-93)56(99)89-52(38-27-35-11-1-2-12-36(35)28-38)61(104)92-47-19-4-3-13-37(47)29-50(92)58(101)86-44(62(105)106)18-8-24-81-66(74)75/h1-2,10-12,14,26,37-39,41-50,52,93-94H,3-9,13,15-25,27-34H2,(H,82,100)(H,83,95)(H,84,97)(H,85,96)(H,86,101)(H,87,98)(H,89,99)(H,105,106)(H4,68,69,78)(H4,70,71,79)(H4,72,73,80)(H4,74,75,81)(H4,76,77,88)/t37-,39+,41+,42-,43-,44-,45-,46-,47-,48-,49-,50-,52+/m0/s1. The summed E-state index contributed by atoms with van der Waals surface area (Å²) in [5, 5.41) is 52.4. The molecule has 588 valence electrons. The lowest BCUT2D eigenvalue weighted by atomic mass is 9.84. The topological polar surface area (TPSA) is 664 Å². The summed E-state index contributed by atoms with van der Waals surface area (Å²) in [4.78, 5) is 182. The van der Waals surface area contributed by atoms with Crippen LogP contribution in [0, 0.1) is 11.8 Å². The van der Waals surface area contributed by atoms with Gasteiger partial charge >= 0.3 is 5.97 Å². The SMILES string of the molecule is NC(N)=NCCC[C@H](N=C(N)N)C(=O)N[C@H](CCCN=C(N)N)C(=O)N[C@@H](CCCN=C(N)N)C(=O)N1CCC[C@H]1C(=O)N1C[C@H](O)C[C@H]1C(=O)NCC(=O)N[C@@H](Cc1cccs1)C(=O)N[C@@H](CO)C(=O)N[C@@H](C(=O)N1[C@H](C(=O)N[C@@H](CCCN=C(N)N)C(=O)O)C[C@@H]2CCCC[C@@H]21)C1Cc2ccccc2C1. The van der Waals surface area contributed by atoms with E-state index in [-0.39, 0.29) is 146 Å². The summed E-state index contributed by atoms with van der Waals surface area (Å²) < 4.78 is 0. The fraction of sp³-hybridized carbons (Fsp3) is 0.612. The second kappa shape index (κ2) is 40.7. The van der Waals surface area contributed by atoms with Crippen molar-refractivity contribution in [2.75, 3.05) is 52.4 Å². The maximum absolute atomic E-state index is 15.5. The summed E-state index contributed by atoms with van der Waals surface area (Å²) in [6.07, 6.45) is 3.19. The molecule has 2 aromatic rings. The fourth-order valence-electron chi connectivity index (χ4n) is 14.5. The van der Waals surface area contributed by atoms with Crippen LogP contribution in [0.3, 0.4) is 0 Å². The number of carbonyl (C=O) groups is 11. The predicted octanol–water partition coefficient (Wildman–Crippen LogP) is -7.22. The number of β-amino-alcohol motifs (C(OH)–C–C–N with tert-alkyl or cyclic N) is 1. The zero-order valence-corrected chi connectivity index (χ0v) is 60.6. The van der Waals surface area contributed by atoms with Gasteiger partial charge in [-0.1, -0.05) is 43.2 Å². The normalized spacial score (nSPS) is 20.6. The van der Waals surface area contributed by atoms with Gasteiger partial charge in [0.25, 0.3) is 0 Å². The molecule has 2 aliphatic carbocycles. The summed E-state index contributed by atoms with van der Waals surface area (Å²) in [6.45, 7) is -1.76. The number of nitrogens with zero attached hydrogens (tertiary/aromatic N) is 8. The Balaban J connectivity index is 1.03. The first-order valence-electron chi connectivity index (χ1n) is 36.0. The summed E-state index contributed by atoms with van der Waals surface area (Å²) >= 11 is 1.25. The maximum Gasteiger partial charge on any atom is 0.326 e. The summed E-state index contributed by atoms with van der Waals surface area (Å²) in [6, 6.07) is -2.93. The van der Waals surface area contributed by atoms with Crippen LogP contribution in [-0.4, -0.2) is 250 Å². The molecular formula is C67H105N25O14S. The number of benzene rings is 1. The molecule has 0 spiro atoms. The third-order valence-electron chi connectivity index (χ3n) is 19.6. The molecule has 4 fully saturated rings. The number of aliphatic hydroxyl groups excluding tert-OH is 2. The quantitative estimate of drug-likeness (QED) is 0.0168. The van der Waals surface area contributed by atoms with Crippen molar-refractivity contribution < 1.29 is 68.1 Å². The molecule has 0 radical (unpaired) electrons. The number of carbonyl (C=O) groups excluding carboxylic acids is 10. The van der Waals surface area contributed by atoms with Crippen LogP contribution < -0.4 is 94.6 Å². The van der Waals surface area contributed by atoms with E-state index in [1.807, 2.05) is 24.3 Å². The minimum absolute atomic E-state index is 0.0167. The predicted molar refractivity (Wildman–Crippen MR) is 396 cm³/mol. The van der Waals surface area contributed by atoms with Gasteiger partial charge in [-0.05, 0) is 131 Å². The number of amides is 10. The minimum Gasteiger partial charge on any atom is -0.480 e. The van der Waals surface area contributed by atoms with Crippen molar-refractivity contribution in [1.29, 1.82) is 0 Å². The van der Waals surface area contributed by atoms with Gasteiger partial charge in [0.1, 0.15) is 60.4 Å². The van der Waals surface area contributed by atoms with Gasteiger partial charge in [-0.15, -0.1) is 11.3 Å². The second-order valence-electron chi connectivity index (χ2n) is 27.4. The zero-order valence-electron chi connectivity index (χ0n) is 59.8. The smallest absolute Gasteiger partial charge is 0.326 e. The van der Waals surface area contributed by atoms with E-state index in [0.29, 0.717) is 37.0 Å². The summed E-state index contributed by atoms with van der Waals surface area (Å²) in [5.74, 6) is -11.2. The molecule has 7 rings (SSSR count). The van der Waals surface area contributed by atoms with E-state index >= 15 is 4.79 Å². The summed E-state index contributed by atoms with van der Waals surface area (Å²) in [5.41, 5.74) is 57.3. The Morgan fingerprint density at radius 1 is 0.542 bits per heavy atom. The largest absolute Gasteiger partial charge is 0.480 e. The van der Waals surface area contributed by atoms with Crippen LogP contribution >= 0.6 is 11.3 Å². The Labute approximate surface area is 622 Å². The van der Waals surface area contributed by atoms with E-state index in [0.717, 1.165) is 28.9 Å². The van der Waals surface area contributed by atoms with Crippen molar-refractivity contribution in [2.45, 2.75) is 195 Å². The van der Waals surface area contributed by atoms with Crippen molar-refractivity contribution in [3.63, 3.8) is 0 Å². The van der Waals surface area contributed by atoms with Crippen LogP contribution in [0.2, 0.25) is 0 Å². The maximum atomic E-state index is 15.5. The molecule has 30 N–H and O–H groups in total. The number of nitrogens with two attached hydrogens (primary N) is 10. The molecule has 39 nitrogen and oxygen atoms in total. The second-order valence-corrected chi connectivity index (χ2v) is 28.4. The van der Waals surface area contributed by atoms with E-state index in [2.05, 4.69) is 62.2 Å². The van der Waals surface area contributed by atoms with E-state index < -0.39 is 163 Å². The third kappa shape index (κ3) is 24.7. The number of hydrogen-bond acceptors (Lipinski definition) is 19. The van der Waals surface area contributed by atoms with E-state index in [9.17, 15) is 63.3 Å². The molecule has 10 amide bonds. The number of aliphatic imine (C=N–C) groups is 5. The van der Waals surface area contributed by atoms with Crippen molar-refractivity contribution in [3.8, 4) is 0 Å². The Morgan fingerprint density at radius 3 is 1.68 bits per heavy atom. The number of aliphatic carboxylic acids is 1. The van der Waals surface area contributed by atoms with Crippen LogP contribution in [0.15, 0.2) is 66.7 Å². The van der Waals surface area contributed by atoms with Gasteiger partial charge in [0.2, 0.25) is 59.1 Å². The van der Waals surface area contributed by atoms with Crippen LogP contribution in [-0.2, 0) is 72.0 Å². The number of carboxylic acids is 1. The first-order valence-corrected chi connectivity index (χ1v) is 36.8. The van der Waals surface area contributed by atoms with E-state index in [4.69, 9.17) is 57.3 Å². The molecule has 1 aromatic heterocycles. The number of fused-ring (bicyclic) bond motifs is 2. The van der Waals surface area contributed by atoms with Crippen molar-refractivity contribution in [1.82, 2.24) is 51.9 Å². The number of thiophene rings is 1. The van der Waals surface area contributed by atoms with Gasteiger partial charge in [0, 0.05) is 63.0 Å². The zero-order chi connectivity index (χ0) is 78.0. The Morgan fingerprint density at radius 2 is 1.10 bits per heavy atom. The Bertz CT molecular complexity index is 3570. The van der Waals surface area contributed by atoms with Crippen LogP contribution in [0.4, 0.5) is 0 Å². The molecule has 40 heteroatoms. The first kappa shape index (κ1) is 83.6. The van der Waals surface area contributed by atoms with Crippen molar-refractivity contribution in [3.05, 3.63) is 57.8 Å². The molecule has 1 saturated carbocycles. The van der Waals surface area contributed by atoms with Gasteiger partial charge in [0.05, 0.1) is 19.3 Å².